The summed E-state index contributed by atoms with van der Waals surface area (Å²) in [5, 5.41) is 7.85. The number of nitrogens with two attached hydrogens (primary N) is 1. The van der Waals surface area contributed by atoms with Crippen LogP contribution in [-0.4, -0.2) is 80.0 Å². The van der Waals surface area contributed by atoms with Crippen LogP contribution in [0, 0.1) is 0 Å². The number of amides is 4. The highest BCUT2D eigenvalue weighted by Crippen LogP contribution is 2.38. The van der Waals surface area contributed by atoms with Gasteiger partial charge in [0.2, 0.25) is 23.6 Å². The molecule has 1 heterocycles. The molecule has 4 rings (SSSR count). The lowest BCUT2D eigenvalue weighted by Gasteiger charge is -2.37. The Balaban J connectivity index is 1.42. The van der Waals surface area contributed by atoms with Crippen LogP contribution in [-0.2, 0) is 30.2 Å². The predicted molar refractivity (Wildman–Crippen MR) is 189 cm³/mol. The summed E-state index contributed by atoms with van der Waals surface area (Å²) in [6.45, 7) is 0.202. The quantitative estimate of drug-likeness (QED) is 0.108. The summed E-state index contributed by atoms with van der Waals surface area (Å²) in [6.07, 6.45) is 1.88. The fourth-order valence-corrected chi connectivity index (χ4v) is 7.64. The minimum absolute atomic E-state index is 0.0781. The lowest BCUT2D eigenvalue weighted by atomic mass is 9.98. The van der Waals surface area contributed by atoms with E-state index in [4.69, 9.17) is 17.3 Å². The summed E-state index contributed by atoms with van der Waals surface area (Å²) in [7, 11) is -4.40. The topological polar surface area (TPSA) is 196 Å². The van der Waals surface area contributed by atoms with Crippen molar-refractivity contribution < 1.29 is 38.3 Å². The predicted octanol–water partition coefficient (Wildman–Crippen LogP) is 3.79. The second-order valence-corrected chi connectivity index (χ2v) is 15.5. The van der Waals surface area contributed by atoms with E-state index in [0.29, 0.717) is 29.8 Å². The van der Waals surface area contributed by atoms with Crippen LogP contribution in [0.5, 0.6) is 0 Å². The van der Waals surface area contributed by atoms with E-state index in [9.17, 15) is 38.3 Å². The zero-order valence-electron chi connectivity index (χ0n) is 26.8. The monoisotopic (exact) mass is 730 g/mol. The fourth-order valence-electron chi connectivity index (χ4n) is 5.68. The van der Waals surface area contributed by atoms with Gasteiger partial charge in [-0.15, -0.1) is 11.8 Å². The van der Waals surface area contributed by atoms with Crippen molar-refractivity contribution in [1.29, 1.82) is 0 Å². The van der Waals surface area contributed by atoms with E-state index in [1.54, 1.807) is 24.3 Å². The second kappa shape index (κ2) is 17.8. The zero-order valence-corrected chi connectivity index (χ0v) is 29.2. The molecule has 1 aliphatic heterocycles. The number of ketones is 1. The maximum atomic E-state index is 13.9. The summed E-state index contributed by atoms with van der Waals surface area (Å²) in [4.78, 5) is 85.5. The molecule has 0 radical (unpaired) electrons. The standard InChI is InChI=1S/C34H40ClN4O8PS/c35-26-15-13-24(14-16-26)30(40)9-5-10-31(41)37-28(20-49-21-48(45,46)47)34(44)39-17-4-3-8-29(39)33(43)38-27(32(36)42)19-22-11-12-23-6-1-2-7-25(23)18-22/h1-2,6-7,11-16,18,27-29H,3-5,8-10,17,19-21H2,(H2,36,42)(H,37,41)(H,38,43)(H2,45,46,47). The van der Waals surface area contributed by atoms with Gasteiger partial charge in [0.25, 0.3) is 0 Å². The van der Waals surface area contributed by atoms with Crippen molar-refractivity contribution in [3.8, 4) is 0 Å². The lowest BCUT2D eigenvalue weighted by Crippen LogP contribution is -2.60. The molecule has 1 saturated heterocycles. The number of rotatable bonds is 16. The molecule has 0 saturated carbocycles. The van der Waals surface area contributed by atoms with Gasteiger partial charge < -0.3 is 31.1 Å². The Morgan fingerprint density at radius 2 is 1.65 bits per heavy atom. The number of likely N-dealkylation sites (tertiary alicyclic amines) is 1. The molecule has 1 fully saturated rings. The molecule has 0 spiro atoms. The summed E-state index contributed by atoms with van der Waals surface area (Å²) in [5.41, 5.74) is 6.36. The molecule has 3 unspecified atom stereocenters. The van der Waals surface area contributed by atoms with Crippen molar-refractivity contribution >= 4 is 71.1 Å². The maximum absolute atomic E-state index is 13.9. The van der Waals surface area contributed by atoms with Crippen LogP contribution >= 0.6 is 31.0 Å². The van der Waals surface area contributed by atoms with Gasteiger partial charge in [-0.1, -0.05) is 54.1 Å². The largest absolute Gasteiger partial charge is 0.368 e. The Labute approximate surface area is 293 Å². The van der Waals surface area contributed by atoms with Gasteiger partial charge in [0.15, 0.2) is 5.78 Å². The molecule has 0 bridgehead atoms. The smallest absolute Gasteiger partial charge is 0.335 e. The number of nitrogens with zero attached hydrogens (tertiary/aromatic N) is 1. The van der Waals surface area contributed by atoms with Crippen molar-refractivity contribution in [3.63, 3.8) is 0 Å². The Hall–Kier alpha value is -3.74. The Bertz CT molecular complexity index is 1720. The van der Waals surface area contributed by atoms with Crippen LogP contribution in [0.2, 0.25) is 5.02 Å². The van der Waals surface area contributed by atoms with Crippen LogP contribution in [0.4, 0.5) is 0 Å². The van der Waals surface area contributed by atoms with Gasteiger partial charge in [0.1, 0.15) is 18.1 Å². The highest BCUT2D eigenvalue weighted by atomic mass is 35.5. The first-order chi connectivity index (χ1) is 23.3. The normalized spacial score (nSPS) is 16.1. The molecule has 3 atom stereocenters. The average Bonchev–Trinajstić information content (AvgIpc) is 3.06. The summed E-state index contributed by atoms with van der Waals surface area (Å²) < 4.78 is 11.5. The highest BCUT2D eigenvalue weighted by molar-refractivity contribution is 8.04. The first-order valence-corrected chi connectivity index (χ1v) is 19.2. The molecule has 12 nitrogen and oxygen atoms in total. The van der Waals surface area contributed by atoms with Crippen LogP contribution in [0.3, 0.4) is 0 Å². The summed E-state index contributed by atoms with van der Waals surface area (Å²) in [5.74, 6) is -2.74. The number of primary amides is 1. The number of hydrogen-bond donors (Lipinski definition) is 5. The van der Waals surface area contributed by atoms with Gasteiger partial charge in [0.05, 0.1) is 5.49 Å². The van der Waals surface area contributed by atoms with E-state index in [2.05, 4.69) is 10.6 Å². The third-order valence-corrected chi connectivity index (χ3v) is 11.1. The van der Waals surface area contributed by atoms with Crippen molar-refractivity contribution in [3.05, 3.63) is 82.9 Å². The molecular formula is C34H40ClN4O8PS. The number of hydrogen-bond acceptors (Lipinski definition) is 7. The minimum Gasteiger partial charge on any atom is -0.368 e. The van der Waals surface area contributed by atoms with E-state index in [-0.39, 0.29) is 43.8 Å². The molecule has 15 heteroatoms. The Kier molecular flexibility index (Phi) is 13.8. The van der Waals surface area contributed by atoms with Gasteiger partial charge in [-0.05, 0) is 66.3 Å². The van der Waals surface area contributed by atoms with E-state index in [0.717, 1.165) is 28.1 Å². The van der Waals surface area contributed by atoms with Gasteiger partial charge in [0, 0.05) is 42.1 Å². The van der Waals surface area contributed by atoms with E-state index < -0.39 is 54.8 Å². The van der Waals surface area contributed by atoms with E-state index in [1.165, 1.54) is 4.90 Å². The molecule has 0 aliphatic carbocycles. The number of piperidine rings is 1. The third-order valence-electron chi connectivity index (χ3n) is 8.15. The van der Waals surface area contributed by atoms with E-state index >= 15 is 0 Å². The van der Waals surface area contributed by atoms with Crippen molar-refractivity contribution in [2.45, 2.75) is 63.1 Å². The lowest BCUT2D eigenvalue weighted by molar-refractivity contribution is -0.145. The minimum atomic E-state index is -4.40. The average molecular weight is 731 g/mol. The molecule has 6 N–H and O–H groups in total. The number of thioether (sulfide) groups is 1. The molecule has 0 aromatic heterocycles. The maximum Gasteiger partial charge on any atom is 0.335 e. The first kappa shape index (κ1) is 38.1. The van der Waals surface area contributed by atoms with Crippen LogP contribution in [0.15, 0.2) is 66.7 Å². The number of carbonyl (C=O) groups excluding carboxylic acids is 5. The summed E-state index contributed by atoms with van der Waals surface area (Å²) >= 11 is 6.68. The zero-order chi connectivity index (χ0) is 35.6. The first-order valence-electron chi connectivity index (χ1n) is 15.9. The van der Waals surface area contributed by atoms with Crippen LogP contribution < -0.4 is 16.4 Å². The highest BCUT2D eigenvalue weighted by Gasteiger charge is 2.37. The molecule has 262 valence electrons. The SMILES string of the molecule is NC(=O)C(Cc1ccc2ccccc2c1)NC(=O)C1CCCCN1C(=O)C(CSCP(=O)(O)O)NC(=O)CCCC(=O)c1ccc(Cl)cc1. The Morgan fingerprint density at radius 3 is 2.35 bits per heavy atom. The van der Waals surface area contributed by atoms with Crippen molar-refractivity contribution in [2.24, 2.45) is 5.73 Å². The summed E-state index contributed by atoms with van der Waals surface area (Å²) in [6, 6.07) is 16.6. The van der Waals surface area contributed by atoms with Crippen LogP contribution in [0.1, 0.15) is 54.4 Å². The molecular weight excluding hydrogens is 691 g/mol. The molecule has 3 aromatic carbocycles. The third kappa shape index (κ3) is 11.7. The van der Waals surface area contributed by atoms with Gasteiger partial charge in [-0.25, -0.2) is 0 Å². The number of Topliss-reactive ketones (excluding diaryl/α,β-unsaturated/α-hetero) is 1. The second-order valence-electron chi connectivity index (χ2n) is 12.0. The number of nitrogens with one attached hydrogen (secondary N) is 2. The number of benzene rings is 3. The van der Waals surface area contributed by atoms with E-state index in [1.807, 2.05) is 42.5 Å². The van der Waals surface area contributed by atoms with Gasteiger partial charge >= 0.3 is 7.60 Å². The fraction of sp³-hybridized carbons (Fsp3) is 0.382. The van der Waals surface area contributed by atoms with Crippen molar-refractivity contribution in [2.75, 3.05) is 17.8 Å². The molecule has 3 aromatic rings. The number of halogens is 1. The van der Waals surface area contributed by atoms with Crippen molar-refractivity contribution in [1.82, 2.24) is 15.5 Å². The molecule has 1 aliphatic rings. The Morgan fingerprint density at radius 1 is 0.939 bits per heavy atom. The molecule has 4 amide bonds. The number of carbonyl (C=O) groups is 5. The van der Waals surface area contributed by atoms with Gasteiger partial charge in [-0.2, -0.15) is 0 Å². The molecule has 49 heavy (non-hydrogen) atoms. The number of fused-ring (bicyclic) bond motifs is 1. The van der Waals surface area contributed by atoms with Crippen LogP contribution in [0.25, 0.3) is 10.8 Å². The van der Waals surface area contributed by atoms with Gasteiger partial charge in [-0.3, -0.25) is 28.5 Å².